The van der Waals surface area contributed by atoms with Crippen LogP contribution in [0.2, 0.25) is 10.0 Å². The maximum atomic E-state index is 13.5. The van der Waals surface area contributed by atoms with Crippen molar-refractivity contribution < 1.29 is 24.2 Å². The van der Waals surface area contributed by atoms with E-state index in [1.165, 1.54) is 7.11 Å². The number of ether oxygens (including phenoxy) is 1. The van der Waals surface area contributed by atoms with Gasteiger partial charge in [0, 0.05) is 43.5 Å². The van der Waals surface area contributed by atoms with E-state index in [0.717, 1.165) is 37.1 Å². The summed E-state index contributed by atoms with van der Waals surface area (Å²) in [7, 11) is 1.42. The number of amides is 2. The first kappa shape index (κ1) is 34.5. The fourth-order valence-corrected chi connectivity index (χ4v) is 6.94. The van der Waals surface area contributed by atoms with Crippen LogP contribution in [-0.4, -0.2) is 75.9 Å². The highest BCUT2D eigenvalue weighted by atomic mass is 35.5. The first-order chi connectivity index (χ1) is 23.8. The maximum Gasteiger partial charge on any atom is 0.310 e. The van der Waals surface area contributed by atoms with Gasteiger partial charge in [0.25, 0.3) is 11.8 Å². The molecule has 2 aliphatic rings. The highest BCUT2D eigenvalue weighted by Gasteiger charge is 2.36. The van der Waals surface area contributed by atoms with E-state index in [1.54, 1.807) is 54.7 Å². The van der Waals surface area contributed by atoms with Gasteiger partial charge in [-0.2, -0.15) is 5.10 Å². The van der Waals surface area contributed by atoms with Crippen LogP contribution < -0.4 is 16.0 Å². The van der Waals surface area contributed by atoms with Crippen LogP contribution in [0.1, 0.15) is 57.5 Å². The number of hydrogen-bond acceptors (Lipinski definition) is 9. The molecule has 0 bridgehead atoms. The molecule has 6 rings (SSSR count). The monoisotopic (exact) mass is 705 g/mol. The summed E-state index contributed by atoms with van der Waals surface area (Å²) in [5.41, 5.74) is 4.21. The molecule has 0 spiro atoms. The maximum absolute atomic E-state index is 13.5. The smallest absolute Gasteiger partial charge is 0.310 e. The highest BCUT2D eigenvalue weighted by Crippen LogP contribution is 2.41. The standard InChI is InChI=1S/C35H37Cl2N7O5/c1-49-35(48)22-12-15-43(20-22)29-9-4-14-44-30(29)17-28(42-44)34(47)41-26-8-3-6-24(32(26)37)23-5-2-7-25(31(23)36)40-33(46)27-11-10-21(19-39-27)18-38-13-16-45/h2-3,5-8,10-11,17,19,22,29,38,45H,4,9,12-16,18,20H2,1H3,(H,40,46)(H,41,47)/t22-,29+/m1/s1. The Hall–Kier alpha value is -4.33. The Kier molecular flexibility index (Phi) is 10.9. The summed E-state index contributed by atoms with van der Waals surface area (Å²) >= 11 is 13.7. The Morgan fingerprint density at radius 1 is 0.939 bits per heavy atom. The lowest BCUT2D eigenvalue weighted by atomic mass is 10.0. The van der Waals surface area contributed by atoms with Crippen molar-refractivity contribution in [1.29, 1.82) is 0 Å². The molecule has 4 aromatic rings. The molecule has 1 fully saturated rings. The average molecular weight is 707 g/mol. The molecular weight excluding hydrogens is 669 g/mol. The van der Waals surface area contributed by atoms with Crippen molar-refractivity contribution in [2.45, 2.75) is 38.4 Å². The molecule has 0 aliphatic carbocycles. The number of aryl methyl sites for hydroxylation is 1. The number of aliphatic hydroxyl groups excluding tert-OH is 1. The Morgan fingerprint density at radius 3 is 2.27 bits per heavy atom. The first-order valence-electron chi connectivity index (χ1n) is 16.1. The summed E-state index contributed by atoms with van der Waals surface area (Å²) in [4.78, 5) is 45.1. The zero-order valence-corrected chi connectivity index (χ0v) is 28.4. The number of nitrogens with one attached hydrogen (secondary N) is 3. The number of esters is 1. The lowest BCUT2D eigenvalue weighted by Gasteiger charge is -2.31. The molecule has 4 N–H and O–H groups in total. The molecule has 4 heterocycles. The summed E-state index contributed by atoms with van der Waals surface area (Å²) in [6.07, 6.45) is 4.18. The number of carbonyl (C=O) groups excluding carboxylic acids is 3. The van der Waals surface area contributed by atoms with Crippen LogP contribution >= 0.6 is 23.2 Å². The molecule has 2 aromatic carbocycles. The van der Waals surface area contributed by atoms with Gasteiger partial charge < -0.3 is 25.8 Å². The van der Waals surface area contributed by atoms with Gasteiger partial charge in [-0.05, 0) is 55.6 Å². The van der Waals surface area contributed by atoms with E-state index >= 15 is 0 Å². The van der Waals surface area contributed by atoms with E-state index < -0.39 is 11.8 Å². The summed E-state index contributed by atoms with van der Waals surface area (Å²) in [6, 6.07) is 15.8. The number of aliphatic hydroxyl groups is 1. The van der Waals surface area contributed by atoms with Crippen molar-refractivity contribution in [2.24, 2.45) is 5.92 Å². The van der Waals surface area contributed by atoms with E-state index in [1.807, 2.05) is 10.7 Å². The summed E-state index contributed by atoms with van der Waals surface area (Å²) in [6.45, 7) is 3.12. The number of hydrogen-bond donors (Lipinski definition) is 4. The number of benzene rings is 2. The van der Waals surface area contributed by atoms with E-state index in [2.05, 4.69) is 30.9 Å². The topological polar surface area (TPSA) is 151 Å². The van der Waals surface area contributed by atoms with Crippen LogP contribution in [-0.2, 0) is 22.6 Å². The molecule has 14 heteroatoms. The van der Waals surface area contributed by atoms with Crippen LogP contribution in [0.15, 0.2) is 60.8 Å². The minimum Gasteiger partial charge on any atom is -0.469 e. The third-order valence-electron chi connectivity index (χ3n) is 8.89. The fourth-order valence-electron chi connectivity index (χ4n) is 6.39. The van der Waals surface area contributed by atoms with Crippen LogP contribution in [0.3, 0.4) is 0 Å². The number of aromatic nitrogens is 3. The third-order valence-corrected chi connectivity index (χ3v) is 9.70. The zero-order valence-electron chi connectivity index (χ0n) is 26.9. The van der Waals surface area contributed by atoms with Crippen molar-refractivity contribution >= 4 is 52.4 Å². The van der Waals surface area contributed by atoms with E-state index in [9.17, 15) is 14.4 Å². The molecule has 2 aliphatic heterocycles. The fraction of sp³-hybridized carbons (Fsp3) is 0.343. The number of rotatable bonds is 11. The van der Waals surface area contributed by atoms with Gasteiger partial charge in [0.05, 0.1) is 52.8 Å². The Morgan fingerprint density at radius 2 is 1.63 bits per heavy atom. The second kappa shape index (κ2) is 15.5. The van der Waals surface area contributed by atoms with Gasteiger partial charge in [0.1, 0.15) is 5.69 Å². The number of halogens is 2. The van der Waals surface area contributed by atoms with Crippen molar-refractivity contribution in [3.8, 4) is 11.1 Å². The molecule has 0 radical (unpaired) electrons. The Balaban J connectivity index is 1.16. The number of anilines is 2. The van der Waals surface area contributed by atoms with Gasteiger partial charge in [-0.3, -0.25) is 28.9 Å². The lowest BCUT2D eigenvalue weighted by molar-refractivity contribution is -0.145. The second-order valence-electron chi connectivity index (χ2n) is 12.0. The Labute approximate surface area is 293 Å². The minimum atomic E-state index is -0.431. The molecule has 2 aromatic heterocycles. The van der Waals surface area contributed by atoms with Gasteiger partial charge in [0.15, 0.2) is 5.69 Å². The normalized spacial score (nSPS) is 17.4. The van der Waals surface area contributed by atoms with Crippen LogP contribution in [0.4, 0.5) is 11.4 Å². The Bertz CT molecular complexity index is 1850. The SMILES string of the molecule is COC(=O)[C@@H]1CCN([C@H]2CCCn3nc(C(=O)Nc4cccc(-c5cccc(NC(=O)c6ccc(CNCCO)cn6)c5Cl)c4Cl)cc32)C1. The van der Waals surface area contributed by atoms with E-state index in [0.29, 0.717) is 48.7 Å². The van der Waals surface area contributed by atoms with Crippen molar-refractivity contribution in [3.05, 3.63) is 93.5 Å². The molecule has 49 heavy (non-hydrogen) atoms. The number of likely N-dealkylation sites (tertiary alicyclic amines) is 1. The lowest BCUT2D eigenvalue weighted by Crippen LogP contribution is -2.32. The number of methoxy groups -OCH3 is 1. The molecule has 12 nitrogen and oxygen atoms in total. The van der Waals surface area contributed by atoms with Gasteiger partial charge in [0.2, 0.25) is 0 Å². The van der Waals surface area contributed by atoms with Crippen LogP contribution in [0, 0.1) is 5.92 Å². The molecule has 0 unspecified atom stereocenters. The largest absolute Gasteiger partial charge is 0.469 e. The quantitative estimate of drug-likeness (QED) is 0.122. The van der Waals surface area contributed by atoms with Gasteiger partial charge in [-0.1, -0.05) is 53.5 Å². The number of nitrogens with zero attached hydrogens (tertiary/aromatic N) is 4. The molecule has 2 atom stereocenters. The van der Waals surface area contributed by atoms with Crippen molar-refractivity contribution in [3.63, 3.8) is 0 Å². The third kappa shape index (κ3) is 7.63. The summed E-state index contributed by atoms with van der Waals surface area (Å²) in [5.74, 6) is -1.17. The minimum absolute atomic E-state index is 0.0350. The van der Waals surface area contributed by atoms with E-state index in [-0.39, 0.29) is 46.0 Å². The number of pyridine rings is 1. The molecule has 256 valence electrons. The van der Waals surface area contributed by atoms with Crippen molar-refractivity contribution in [1.82, 2.24) is 25.0 Å². The number of carbonyl (C=O) groups is 3. The predicted molar refractivity (Wildman–Crippen MR) is 187 cm³/mol. The molecular formula is C35H37Cl2N7O5. The van der Waals surface area contributed by atoms with Crippen LogP contribution in [0.25, 0.3) is 11.1 Å². The summed E-state index contributed by atoms with van der Waals surface area (Å²) < 4.78 is 6.84. The number of fused-ring (bicyclic) bond motifs is 1. The molecule has 0 saturated carbocycles. The summed E-state index contributed by atoms with van der Waals surface area (Å²) in [5, 5.41) is 22.9. The zero-order chi connectivity index (χ0) is 34.5. The van der Waals surface area contributed by atoms with Gasteiger partial charge in [-0.25, -0.2) is 0 Å². The highest BCUT2D eigenvalue weighted by molar-refractivity contribution is 6.40. The predicted octanol–water partition coefficient (Wildman–Crippen LogP) is 5.17. The van der Waals surface area contributed by atoms with Crippen molar-refractivity contribution in [2.75, 3.05) is 44.0 Å². The van der Waals surface area contributed by atoms with Gasteiger partial charge >= 0.3 is 5.97 Å². The first-order valence-corrected chi connectivity index (χ1v) is 16.9. The molecule has 2 amide bonds. The van der Waals surface area contributed by atoms with E-state index in [4.69, 9.17) is 33.0 Å². The molecule has 1 saturated heterocycles. The second-order valence-corrected chi connectivity index (χ2v) is 12.8. The average Bonchev–Trinajstić information content (AvgIpc) is 3.79. The van der Waals surface area contributed by atoms with Gasteiger partial charge in [-0.15, -0.1) is 0 Å². The van der Waals surface area contributed by atoms with Crippen LogP contribution in [0.5, 0.6) is 0 Å².